The second-order valence-electron chi connectivity index (χ2n) is 8.57. The van der Waals surface area contributed by atoms with Crippen LogP contribution in [0.1, 0.15) is 82.0 Å². The maximum Gasteiger partial charge on any atom is 0.347 e. The average Bonchev–Trinajstić information content (AvgIpc) is 3.56. The summed E-state index contributed by atoms with van der Waals surface area (Å²) in [7, 11) is -9.27. The molecule has 0 fully saturated rings. The van der Waals surface area contributed by atoms with E-state index in [2.05, 4.69) is 10.6 Å². The molecule has 2 heterocycles. The predicted molar refractivity (Wildman–Crippen MR) is 138 cm³/mol. The number of nitrogens with one attached hydrogen (secondary N) is 2. The summed E-state index contributed by atoms with van der Waals surface area (Å²) < 4.78 is 68.0. The summed E-state index contributed by atoms with van der Waals surface area (Å²) in [6.45, 7) is 6.43. The highest BCUT2D eigenvalue weighted by atomic mass is 32.2. The number of carbonyl (C=O) groups excluding carboxylic acids is 2. The molecule has 0 saturated heterocycles. The van der Waals surface area contributed by atoms with Crippen molar-refractivity contribution in [3.63, 3.8) is 0 Å². The molecule has 0 spiro atoms. The minimum atomic E-state index is -4.68. The molecule has 2 amide bonds. The van der Waals surface area contributed by atoms with Crippen molar-refractivity contribution in [1.82, 2.24) is 15.1 Å². The highest BCUT2D eigenvalue weighted by molar-refractivity contribution is 7.90. The van der Waals surface area contributed by atoms with Crippen LogP contribution in [0.4, 0.5) is 0 Å². The molecule has 0 aliphatic carbocycles. The van der Waals surface area contributed by atoms with E-state index in [1.165, 1.54) is 12.1 Å². The lowest BCUT2D eigenvalue weighted by molar-refractivity contribution is -0.121. The fraction of sp³-hybridized carbons (Fsp3) is 0.583. The number of amides is 2. The van der Waals surface area contributed by atoms with Crippen LogP contribution in [0.2, 0.25) is 0 Å². The van der Waals surface area contributed by atoms with Crippen LogP contribution in [-0.2, 0) is 35.6 Å². The molecule has 12 nitrogen and oxygen atoms in total. The van der Waals surface area contributed by atoms with Gasteiger partial charge in [-0.3, -0.25) is 9.59 Å². The Hall–Kier alpha value is -2.68. The minimum Gasteiger partial charge on any atom is -0.447 e. The van der Waals surface area contributed by atoms with Crippen LogP contribution in [0.3, 0.4) is 0 Å². The van der Waals surface area contributed by atoms with E-state index in [0.29, 0.717) is 24.0 Å². The lowest BCUT2D eigenvalue weighted by Gasteiger charge is -2.18. The van der Waals surface area contributed by atoms with Crippen molar-refractivity contribution in [2.24, 2.45) is 0 Å². The van der Waals surface area contributed by atoms with Gasteiger partial charge in [0.2, 0.25) is 16.1 Å². The fourth-order valence-electron chi connectivity index (χ4n) is 3.13. The van der Waals surface area contributed by atoms with E-state index in [9.17, 15) is 26.4 Å². The van der Waals surface area contributed by atoms with Gasteiger partial charge in [0, 0.05) is 32.5 Å². The molecule has 0 unspecified atom stereocenters. The van der Waals surface area contributed by atoms with Gasteiger partial charge in [0.15, 0.2) is 5.76 Å². The molecule has 38 heavy (non-hydrogen) atoms. The van der Waals surface area contributed by atoms with Gasteiger partial charge in [-0.15, -0.1) is 0 Å². The molecule has 0 aromatic carbocycles. The minimum absolute atomic E-state index is 0.0986. The van der Waals surface area contributed by atoms with Crippen LogP contribution in [0, 0.1) is 0 Å². The van der Waals surface area contributed by atoms with Gasteiger partial charge < -0.3 is 19.5 Å². The van der Waals surface area contributed by atoms with Crippen molar-refractivity contribution >= 4 is 32.0 Å². The van der Waals surface area contributed by atoms with Crippen LogP contribution < -0.4 is 10.6 Å². The Balaban J connectivity index is 2.14. The van der Waals surface area contributed by atoms with E-state index < -0.39 is 36.2 Å². The standard InChI is InChI=1S/C24H37N3O9S2/c1-4-7-16-25-21(28)13-10-19-11-14-23(34-19)38(32,33)36-27(18-9-6-3)37(30,31)22-15-12-20(35-22)24(29)26-17-8-5-2/h11-12,14-15H,4-10,13,16-18H2,1-3H3,(H,25,28)(H,26,29). The zero-order chi connectivity index (χ0) is 28.2. The van der Waals surface area contributed by atoms with Gasteiger partial charge in [0.25, 0.3) is 15.9 Å². The van der Waals surface area contributed by atoms with Crippen LogP contribution >= 0.6 is 0 Å². The third-order valence-electron chi connectivity index (χ3n) is 5.35. The Bertz CT molecular complexity index is 1250. The molecule has 2 aromatic rings. The van der Waals surface area contributed by atoms with E-state index in [4.69, 9.17) is 13.1 Å². The first-order chi connectivity index (χ1) is 18.0. The summed E-state index contributed by atoms with van der Waals surface area (Å²) in [6, 6.07) is 4.78. The van der Waals surface area contributed by atoms with Gasteiger partial charge in [-0.1, -0.05) is 44.5 Å². The number of carbonyl (C=O) groups is 2. The van der Waals surface area contributed by atoms with E-state index in [0.717, 1.165) is 37.8 Å². The zero-order valence-corrected chi connectivity index (χ0v) is 23.7. The Morgan fingerprint density at radius 1 is 0.842 bits per heavy atom. The lowest BCUT2D eigenvalue weighted by Crippen LogP contribution is -2.34. The van der Waals surface area contributed by atoms with Gasteiger partial charge >= 0.3 is 10.1 Å². The Kier molecular flexibility index (Phi) is 12.5. The van der Waals surface area contributed by atoms with E-state index in [-0.39, 0.29) is 43.2 Å². The SMILES string of the molecule is CCCCNC(=O)CCc1ccc(S(=O)(=O)ON(CCCC)S(=O)(=O)c2ccc(C(=O)NCCCC)o2)o1. The molecule has 2 aromatic heterocycles. The smallest absolute Gasteiger partial charge is 0.347 e. The highest BCUT2D eigenvalue weighted by Gasteiger charge is 2.35. The quantitative estimate of drug-likeness (QED) is 0.200. The zero-order valence-electron chi connectivity index (χ0n) is 22.0. The number of aryl methyl sites for hydroxylation is 1. The molecule has 0 bridgehead atoms. The Morgan fingerprint density at radius 3 is 2.13 bits per heavy atom. The first-order valence-electron chi connectivity index (χ1n) is 12.8. The summed E-state index contributed by atoms with van der Waals surface area (Å²) in [6.07, 6.45) is 4.49. The number of rotatable bonds is 18. The van der Waals surface area contributed by atoms with Crippen LogP contribution in [0.25, 0.3) is 0 Å². The first kappa shape index (κ1) is 31.5. The van der Waals surface area contributed by atoms with E-state index >= 15 is 0 Å². The van der Waals surface area contributed by atoms with Crippen molar-refractivity contribution < 1.29 is 39.5 Å². The molecular weight excluding hydrogens is 538 g/mol. The van der Waals surface area contributed by atoms with E-state index in [1.54, 1.807) is 6.92 Å². The lowest BCUT2D eigenvalue weighted by atomic mass is 10.2. The molecule has 0 aliphatic heterocycles. The van der Waals surface area contributed by atoms with Gasteiger partial charge in [-0.2, -0.15) is 12.7 Å². The van der Waals surface area contributed by atoms with Gasteiger partial charge in [-0.25, -0.2) is 8.42 Å². The third-order valence-corrected chi connectivity index (χ3v) is 8.06. The average molecular weight is 576 g/mol. The largest absolute Gasteiger partial charge is 0.447 e. The fourth-order valence-corrected chi connectivity index (χ4v) is 5.51. The highest BCUT2D eigenvalue weighted by Crippen LogP contribution is 2.25. The molecule has 2 N–H and O–H groups in total. The number of nitrogens with zero attached hydrogens (tertiary/aromatic N) is 1. The van der Waals surface area contributed by atoms with Crippen molar-refractivity contribution in [3.8, 4) is 0 Å². The molecule has 14 heteroatoms. The van der Waals surface area contributed by atoms with Crippen molar-refractivity contribution in [2.45, 2.75) is 82.3 Å². The molecule has 2 rings (SSSR count). The van der Waals surface area contributed by atoms with Crippen molar-refractivity contribution in [3.05, 3.63) is 35.8 Å². The van der Waals surface area contributed by atoms with Gasteiger partial charge in [0.1, 0.15) is 5.76 Å². The number of hydrogen-bond acceptors (Lipinski definition) is 9. The van der Waals surface area contributed by atoms with Gasteiger partial charge in [-0.05, 0) is 43.5 Å². The number of hydroxylamine groups is 1. The number of sulfonamides is 1. The summed E-state index contributed by atoms with van der Waals surface area (Å²) >= 11 is 0. The Labute approximate surface area is 224 Å². The monoisotopic (exact) mass is 575 g/mol. The number of hydrogen-bond donors (Lipinski definition) is 2. The molecule has 0 aliphatic rings. The van der Waals surface area contributed by atoms with Crippen LogP contribution in [0.15, 0.2) is 43.3 Å². The molecular formula is C24H37N3O9S2. The molecule has 214 valence electrons. The maximum absolute atomic E-state index is 13.2. The van der Waals surface area contributed by atoms with Gasteiger partial charge in [0.05, 0.1) is 0 Å². The molecule has 0 radical (unpaired) electrons. The molecule has 0 atom stereocenters. The topological polar surface area (TPSA) is 165 Å². The third kappa shape index (κ3) is 9.26. The predicted octanol–water partition coefficient (Wildman–Crippen LogP) is 3.36. The molecule has 0 saturated carbocycles. The van der Waals surface area contributed by atoms with Crippen molar-refractivity contribution in [1.29, 1.82) is 0 Å². The second-order valence-corrected chi connectivity index (χ2v) is 11.8. The van der Waals surface area contributed by atoms with E-state index in [1.807, 2.05) is 13.8 Å². The first-order valence-corrected chi connectivity index (χ1v) is 15.6. The summed E-state index contributed by atoms with van der Waals surface area (Å²) in [4.78, 5) is 24.1. The normalized spacial score (nSPS) is 12.1. The summed E-state index contributed by atoms with van der Waals surface area (Å²) in [5, 5.41) is 4.13. The second kappa shape index (κ2) is 15.0. The number of unbranched alkanes of at least 4 members (excludes halogenated alkanes) is 3. The maximum atomic E-state index is 13.2. The van der Waals surface area contributed by atoms with Crippen molar-refractivity contribution in [2.75, 3.05) is 19.6 Å². The summed E-state index contributed by atoms with van der Waals surface area (Å²) in [5.74, 6) is -0.780. The summed E-state index contributed by atoms with van der Waals surface area (Å²) in [5.41, 5.74) is 0. The Morgan fingerprint density at radius 2 is 1.47 bits per heavy atom. The van der Waals surface area contributed by atoms with Crippen LogP contribution in [-0.4, -0.2) is 52.8 Å². The van der Waals surface area contributed by atoms with Crippen LogP contribution in [0.5, 0.6) is 0 Å². The number of furan rings is 2.